The van der Waals surface area contributed by atoms with Crippen LogP contribution in [-0.4, -0.2) is 17.4 Å². The van der Waals surface area contributed by atoms with E-state index in [0.29, 0.717) is 31.1 Å². The standard InChI is InChI=1S/C14H19F3O/c1-2-12-4-9-3-10(5-12)7-13(6-9,8-12)11(18)14(15,16)17/h2,9-11,18H,1,3-8H2. The minimum atomic E-state index is -4.49. The van der Waals surface area contributed by atoms with E-state index in [4.69, 9.17) is 0 Å². The Labute approximate surface area is 105 Å². The SMILES string of the molecule is C=CC12CC3CC(C1)CC(C(O)C(F)(F)F)(C3)C2. The molecule has 4 saturated carbocycles. The van der Waals surface area contributed by atoms with Crippen LogP contribution in [0.2, 0.25) is 0 Å². The predicted octanol–water partition coefficient (Wildman–Crippen LogP) is 3.68. The van der Waals surface area contributed by atoms with Gasteiger partial charge in [-0.15, -0.1) is 6.58 Å². The Balaban J connectivity index is 1.96. The van der Waals surface area contributed by atoms with E-state index in [-0.39, 0.29) is 5.41 Å². The Morgan fingerprint density at radius 2 is 1.72 bits per heavy atom. The van der Waals surface area contributed by atoms with Crippen LogP contribution in [0, 0.1) is 22.7 Å². The molecule has 0 aromatic rings. The average Bonchev–Trinajstić information content (AvgIpc) is 2.25. The Kier molecular flexibility index (Phi) is 2.45. The van der Waals surface area contributed by atoms with Gasteiger partial charge in [-0.1, -0.05) is 6.08 Å². The van der Waals surface area contributed by atoms with Gasteiger partial charge in [0.05, 0.1) is 0 Å². The number of aliphatic hydroxyl groups excluding tert-OH is 1. The van der Waals surface area contributed by atoms with Gasteiger partial charge < -0.3 is 5.11 Å². The molecular formula is C14H19F3O. The molecular weight excluding hydrogens is 241 g/mol. The highest BCUT2D eigenvalue weighted by Crippen LogP contribution is 2.67. The van der Waals surface area contributed by atoms with Crippen molar-refractivity contribution in [2.45, 2.75) is 50.8 Å². The molecule has 0 spiro atoms. The number of rotatable bonds is 2. The van der Waals surface area contributed by atoms with Crippen LogP contribution in [0.5, 0.6) is 0 Å². The van der Waals surface area contributed by atoms with Gasteiger partial charge >= 0.3 is 6.18 Å². The van der Waals surface area contributed by atoms with Crippen molar-refractivity contribution >= 4 is 0 Å². The molecule has 0 saturated heterocycles. The highest BCUT2D eigenvalue weighted by Gasteiger charge is 2.63. The molecule has 0 radical (unpaired) electrons. The smallest absolute Gasteiger partial charge is 0.383 e. The lowest BCUT2D eigenvalue weighted by Crippen LogP contribution is -2.58. The molecule has 3 atom stereocenters. The van der Waals surface area contributed by atoms with E-state index in [2.05, 4.69) is 6.58 Å². The first-order valence-electron chi connectivity index (χ1n) is 6.67. The van der Waals surface area contributed by atoms with Crippen molar-refractivity contribution in [1.82, 2.24) is 0 Å². The molecule has 0 aromatic carbocycles. The number of alkyl halides is 3. The van der Waals surface area contributed by atoms with Crippen LogP contribution in [0.3, 0.4) is 0 Å². The molecule has 4 heteroatoms. The molecule has 102 valence electrons. The van der Waals surface area contributed by atoms with Crippen molar-refractivity contribution in [2.75, 3.05) is 0 Å². The summed E-state index contributed by atoms with van der Waals surface area (Å²) in [5.74, 6) is 0.697. The third kappa shape index (κ3) is 1.64. The van der Waals surface area contributed by atoms with Crippen molar-refractivity contribution in [1.29, 1.82) is 0 Å². The predicted molar refractivity (Wildman–Crippen MR) is 61.8 cm³/mol. The van der Waals surface area contributed by atoms with Gasteiger partial charge in [-0.3, -0.25) is 0 Å². The molecule has 4 aliphatic carbocycles. The van der Waals surface area contributed by atoms with Gasteiger partial charge in [0, 0.05) is 5.41 Å². The fourth-order valence-corrected chi connectivity index (χ4v) is 5.31. The lowest BCUT2D eigenvalue weighted by atomic mass is 9.43. The highest BCUT2D eigenvalue weighted by atomic mass is 19.4. The maximum Gasteiger partial charge on any atom is 0.414 e. The molecule has 0 amide bonds. The molecule has 0 aliphatic heterocycles. The number of halogens is 3. The van der Waals surface area contributed by atoms with Crippen LogP contribution in [0.1, 0.15) is 38.5 Å². The second-order valence-electron chi connectivity index (χ2n) is 6.83. The molecule has 0 heterocycles. The van der Waals surface area contributed by atoms with E-state index in [0.717, 1.165) is 19.3 Å². The summed E-state index contributed by atoms with van der Waals surface area (Å²) in [6.45, 7) is 3.84. The normalized spacial score (nSPS) is 48.2. The van der Waals surface area contributed by atoms with E-state index in [1.54, 1.807) is 0 Å². The second-order valence-corrected chi connectivity index (χ2v) is 6.83. The van der Waals surface area contributed by atoms with Gasteiger partial charge in [-0.05, 0) is 55.8 Å². The van der Waals surface area contributed by atoms with E-state index < -0.39 is 17.7 Å². The first-order valence-corrected chi connectivity index (χ1v) is 6.67. The van der Waals surface area contributed by atoms with E-state index in [1.807, 2.05) is 6.08 Å². The van der Waals surface area contributed by atoms with E-state index in [9.17, 15) is 18.3 Å². The van der Waals surface area contributed by atoms with Crippen LogP contribution >= 0.6 is 0 Å². The van der Waals surface area contributed by atoms with Gasteiger partial charge in [0.15, 0.2) is 6.10 Å². The summed E-state index contributed by atoms with van der Waals surface area (Å²) < 4.78 is 38.7. The van der Waals surface area contributed by atoms with E-state index in [1.165, 1.54) is 0 Å². The molecule has 1 nitrogen and oxygen atoms in total. The minimum Gasteiger partial charge on any atom is -0.383 e. The summed E-state index contributed by atoms with van der Waals surface area (Å²) in [4.78, 5) is 0. The van der Waals surface area contributed by atoms with Gasteiger partial charge in [0.25, 0.3) is 0 Å². The minimum absolute atomic E-state index is 0.143. The zero-order valence-electron chi connectivity index (χ0n) is 10.3. The summed E-state index contributed by atoms with van der Waals surface area (Å²) >= 11 is 0. The fraction of sp³-hybridized carbons (Fsp3) is 0.857. The van der Waals surface area contributed by atoms with Gasteiger partial charge in [0.2, 0.25) is 0 Å². The maximum atomic E-state index is 12.9. The van der Waals surface area contributed by atoms with E-state index >= 15 is 0 Å². The molecule has 4 aliphatic rings. The highest BCUT2D eigenvalue weighted by molar-refractivity contribution is 5.15. The molecule has 4 fully saturated rings. The Hall–Kier alpha value is -0.510. The Bertz CT molecular complexity index is 360. The first kappa shape index (κ1) is 12.5. The third-order valence-corrected chi connectivity index (χ3v) is 5.47. The third-order valence-electron chi connectivity index (χ3n) is 5.47. The topological polar surface area (TPSA) is 20.2 Å². The van der Waals surface area contributed by atoms with Crippen LogP contribution < -0.4 is 0 Å². The van der Waals surface area contributed by atoms with Gasteiger partial charge in [-0.2, -0.15) is 13.2 Å². The second kappa shape index (κ2) is 3.53. The maximum absolute atomic E-state index is 12.9. The molecule has 4 rings (SSSR count). The van der Waals surface area contributed by atoms with Crippen LogP contribution in [-0.2, 0) is 0 Å². The molecule has 3 unspecified atom stereocenters. The van der Waals surface area contributed by atoms with Gasteiger partial charge in [-0.25, -0.2) is 0 Å². The van der Waals surface area contributed by atoms with Crippen LogP contribution in [0.15, 0.2) is 12.7 Å². The number of hydrogen-bond acceptors (Lipinski definition) is 1. The Morgan fingerprint density at radius 3 is 2.17 bits per heavy atom. The average molecular weight is 260 g/mol. The molecule has 18 heavy (non-hydrogen) atoms. The lowest BCUT2D eigenvalue weighted by Gasteiger charge is -2.62. The number of allylic oxidation sites excluding steroid dienone is 1. The molecule has 1 N–H and O–H groups in total. The summed E-state index contributed by atoms with van der Waals surface area (Å²) in [6, 6.07) is 0. The number of aliphatic hydroxyl groups is 1. The zero-order valence-corrected chi connectivity index (χ0v) is 10.3. The van der Waals surface area contributed by atoms with Crippen LogP contribution in [0.25, 0.3) is 0 Å². The van der Waals surface area contributed by atoms with Crippen molar-refractivity contribution in [3.63, 3.8) is 0 Å². The summed E-state index contributed by atoms with van der Waals surface area (Å²) in [5, 5.41) is 9.80. The quantitative estimate of drug-likeness (QED) is 0.751. The van der Waals surface area contributed by atoms with Crippen LogP contribution in [0.4, 0.5) is 13.2 Å². The van der Waals surface area contributed by atoms with Crippen molar-refractivity contribution in [2.24, 2.45) is 22.7 Å². The summed E-state index contributed by atoms with van der Waals surface area (Å²) in [7, 11) is 0. The van der Waals surface area contributed by atoms with Crippen molar-refractivity contribution in [3.8, 4) is 0 Å². The largest absolute Gasteiger partial charge is 0.414 e. The first-order chi connectivity index (χ1) is 8.29. The monoisotopic (exact) mass is 260 g/mol. The molecule has 4 bridgehead atoms. The number of hydrogen-bond donors (Lipinski definition) is 1. The fourth-order valence-electron chi connectivity index (χ4n) is 5.31. The summed E-state index contributed by atoms with van der Waals surface area (Å²) in [6.07, 6.45) is -0.247. The molecule has 0 aromatic heterocycles. The van der Waals surface area contributed by atoms with Crippen molar-refractivity contribution in [3.05, 3.63) is 12.7 Å². The van der Waals surface area contributed by atoms with Crippen molar-refractivity contribution < 1.29 is 18.3 Å². The van der Waals surface area contributed by atoms with Gasteiger partial charge in [0.1, 0.15) is 0 Å². The lowest BCUT2D eigenvalue weighted by molar-refractivity contribution is -0.270. The Morgan fingerprint density at radius 1 is 1.17 bits per heavy atom. The zero-order chi connectivity index (χ0) is 13.2. The summed E-state index contributed by atoms with van der Waals surface area (Å²) in [5.41, 5.74) is -1.08.